The van der Waals surface area contributed by atoms with Gasteiger partial charge < -0.3 is 9.67 Å². The summed E-state index contributed by atoms with van der Waals surface area (Å²) in [5, 5.41) is 10.3. The van der Waals surface area contributed by atoms with Crippen molar-refractivity contribution in [3.63, 3.8) is 0 Å². The summed E-state index contributed by atoms with van der Waals surface area (Å²) < 4.78 is 3.33. The van der Waals surface area contributed by atoms with Gasteiger partial charge in [0.2, 0.25) is 0 Å². The Balaban J connectivity index is 2.13. The van der Waals surface area contributed by atoms with Crippen LogP contribution in [-0.4, -0.2) is 9.67 Å². The predicted octanol–water partition coefficient (Wildman–Crippen LogP) is 4.55. The summed E-state index contributed by atoms with van der Waals surface area (Å²) in [4.78, 5) is 0. The van der Waals surface area contributed by atoms with Crippen LogP contribution in [0, 0.1) is 12.3 Å². The van der Waals surface area contributed by atoms with Crippen molar-refractivity contribution in [2.75, 3.05) is 0 Å². The Hall–Kier alpha value is -1.06. The van der Waals surface area contributed by atoms with Crippen molar-refractivity contribution in [3.05, 3.63) is 51.8 Å². The van der Waals surface area contributed by atoms with Crippen molar-refractivity contribution in [2.24, 2.45) is 5.41 Å². The zero-order valence-corrected chi connectivity index (χ0v) is 13.7. The standard InChI is InChI=1S/C17H20BrNO/c1-11-8-12(18)4-5-14(11)19-7-6-13-15(19)9-17(2,3)10-16(13)20/h4-8,16,20H,9-10H2,1-3H3. The molecule has 1 aromatic carbocycles. The Bertz CT molecular complexity index is 657. The summed E-state index contributed by atoms with van der Waals surface area (Å²) in [6.07, 6.45) is 3.59. The third-order valence-electron chi connectivity index (χ3n) is 4.20. The molecule has 1 atom stereocenters. The van der Waals surface area contributed by atoms with E-state index in [2.05, 4.69) is 71.7 Å². The second-order valence-electron chi connectivity index (χ2n) is 6.58. The number of halogens is 1. The average Bonchev–Trinajstić information content (AvgIpc) is 2.71. The van der Waals surface area contributed by atoms with E-state index in [1.54, 1.807) is 0 Å². The minimum absolute atomic E-state index is 0.145. The molecule has 2 aromatic rings. The molecule has 2 nitrogen and oxygen atoms in total. The van der Waals surface area contributed by atoms with Gasteiger partial charge in [-0.25, -0.2) is 0 Å². The van der Waals surface area contributed by atoms with E-state index in [4.69, 9.17) is 0 Å². The fourth-order valence-electron chi connectivity index (χ4n) is 3.24. The van der Waals surface area contributed by atoms with Crippen LogP contribution >= 0.6 is 15.9 Å². The second kappa shape index (κ2) is 4.74. The first kappa shape index (κ1) is 13.9. The average molecular weight is 334 g/mol. The van der Waals surface area contributed by atoms with Gasteiger partial charge in [0, 0.05) is 27.6 Å². The highest BCUT2D eigenvalue weighted by atomic mass is 79.9. The van der Waals surface area contributed by atoms with Gasteiger partial charge in [0.25, 0.3) is 0 Å². The van der Waals surface area contributed by atoms with Crippen LogP contribution in [0.15, 0.2) is 34.9 Å². The van der Waals surface area contributed by atoms with Gasteiger partial charge in [-0.05, 0) is 55.0 Å². The van der Waals surface area contributed by atoms with Crippen LogP contribution < -0.4 is 0 Å². The zero-order valence-electron chi connectivity index (χ0n) is 12.2. The molecule has 0 amide bonds. The van der Waals surface area contributed by atoms with Gasteiger partial charge in [0.05, 0.1) is 6.10 Å². The first-order valence-electron chi connectivity index (χ1n) is 7.02. The topological polar surface area (TPSA) is 25.2 Å². The summed E-state index contributed by atoms with van der Waals surface area (Å²) in [6.45, 7) is 6.58. The lowest BCUT2D eigenvalue weighted by molar-refractivity contribution is 0.0987. The summed E-state index contributed by atoms with van der Waals surface area (Å²) in [5.74, 6) is 0. The molecule has 1 aliphatic carbocycles. The number of fused-ring (bicyclic) bond motifs is 1. The number of aryl methyl sites for hydroxylation is 1. The first-order valence-corrected chi connectivity index (χ1v) is 7.81. The molecule has 20 heavy (non-hydrogen) atoms. The second-order valence-corrected chi connectivity index (χ2v) is 7.50. The van der Waals surface area contributed by atoms with Gasteiger partial charge in [-0.15, -0.1) is 0 Å². The molecule has 0 fully saturated rings. The normalized spacial score (nSPS) is 20.8. The molecular weight excluding hydrogens is 314 g/mol. The molecule has 0 saturated carbocycles. The molecule has 1 N–H and O–H groups in total. The SMILES string of the molecule is Cc1cc(Br)ccc1-n1ccc2c1CC(C)(C)CC2O. The number of aromatic nitrogens is 1. The van der Waals surface area contributed by atoms with Crippen LogP contribution in [0.5, 0.6) is 0 Å². The van der Waals surface area contributed by atoms with E-state index >= 15 is 0 Å². The third kappa shape index (κ3) is 2.33. The van der Waals surface area contributed by atoms with Crippen molar-refractivity contribution in [1.29, 1.82) is 0 Å². The Morgan fingerprint density at radius 2 is 2.05 bits per heavy atom. The van der Waals surface area contributed by atoms with E-state index in [0.29, 0.717) is 0 Å². The van der Waals surface area contributed by atoms with Crippen LogP contribution in [-0.2, 0) is 6.42 Å². The molecule has 3 heteroatoms. The van der Waals surface area contributed by atoms with Gasteiger partial charge in [0.1, 0.15) is 0 Å². The molecule has 106 valence electrons. The van der Waals surface area contributed by atoms with Gasteiger partial charge >= 0.3 is 0 Å². The quantitative estimate of drug-likeness (QED) is 0.813. The number of hydrogen-bond acceptors (Lipinski definition) is 1. The van der Waals surface area contributed by atoms with E-state index in [1.807, 2.05) is 0 Å². The Kier molecular flexibility index (Phi) is 3.30. The van der Waals surface area contributed by atoms with Crippen LogP contribution in [0.25, 0.3) is 5.69 Å². The number of benzene rings is 1. The molecule has 1 heterocycles. The molecule has 1 aliphatic rings. The van der Waals surface area contributed by atoms with E-state index < -0.39 is 0 Å². The first-order chi connectivity index (χ1) is 9.37. The number of aliphatic hydroxyl groups is 1. The van der Waals surface area contributed by atoms with Crippen LogP contribution in [0.4, 0.5) is 0 Å². The molecule has 0 radical (unpaired) electrons. The van der Waals surface area contributed by atoms with Crippen LogP contribution in [0.2, 0.25) is 0 Å². The highest BCUT2D eigenvalue weighted by Gasteiger charge is 2.33. The molecular formula is C17H20BrNO. The maximum absolute atomic E-state index is 10.3. The minimum Gasteiger partial charge on any atom is -0.388 e. The lowest BCUT2D eigenvalue weighted by atomic mass is 9.75. The van der Waals surface area contributed by atoms with Crippen molar-refractivity contribution >= 4 is 15.9 Å². The van der Waals surface area contributed by atoms with Gasteiger partial charge in [-0.3, -0.25) is 0 Å². The molecule has 0 saturated heterocycles. The highest BCUT2D eigenvalue weighted by Crippen LogP contribution is 2.42. The van der Waals surface area contributed by atoms with Gasteiger partial charge in [-0.1, -0.05) is 29.8 Å². The monoisotopic (exact) mass is 333 g/mol. The zero-order chi connectivity index (χ0) is 14.5. The van der Waals surface area contributed by atoms with E-state index in [1.165, 1.54) is 16.9 Å². The van der Waals surface area contributed by atoms with Crippen molar-refractivity contribution in [3.8, 4) is 5.69 Å². The smallest absolute Gasteiger partial charge is 0.0812 e. The molecule has 3 rings (SSSR count). The van der Waals surface area contributed by atoms with E-state index in [-0.39, 0.29) is 11.5 Å². The minimum atomic E-state index is -0.342. The van der Waals surface area contributed by atoms with E-state index in [9.17, 15) is 5.11 Å². The number of rotatable bonds is 1. The van der Waals surface area contributed by atoms with Crippen molar-refractivity contribution < 1.29 is 5.11 Å². The summed E-state index contributed by atoms with van der Waals surface area (Å²) in [5.41, 5.74) is 4.91. The van der Waals surface area contributed by atoms with Crippen LogP contribution in [0.1, 0.15) is 43.2 Å². The van der Waals surface area contributed by atoms with E-state index in [0.717, 1.165) is 22.9 Å². The maximum Gasteiger partial charge on any atom is 0.0812 e. The number of nitrogens with zero attached hydrogens (tertiary/aromatic N) is 1. The van der Waals surface area contributed by atoms with Crippen molar-refractivity contribution in [2.45, 2.75) is 39.7 Å². The summed E-state index contributed by atoms with van der Waals surface area (Å²) in [6, 6.07) is 8.40. The fourth-order valence-corrected chi connectivity index (χ4v) is 3.72. The fraction of sp³-hybridized carbons (Fsp3) is 0.412. The van der Waals surface area contributed by atoms with Crippen molar-refractivity contribution in [1.82, 2.24) is 4.57 Å². The number of hydrogen-bond donors (Lipinski definition) is 1. The lowest BCUT2D eigenvalue weighted by Gasteiger charge is -2.34. The summed E-state index contributed by atoms with van der Waals surface area (Å²) in [7, 11) is 0. The third-order valence-corrected chi connectivity index (χ3v) is 4.69. The largest absolute Gasteiger partial charge is 0.388 e. The van der Waals surface area contributed by atoms with Gasteiger partial charge in [-0.2, -0.15) is 0 Å². The van der Waals surface area contributed by atoms with Crippen LogP contribution in [0.3, 0.4) is 0 Å². The summed E-state index contributed by atoms with van der Waals surface area (Å²) >= 11 is 3.51. The molecule has 0 bridgehead atoms. The molecule has 1 aromatic heterocycles. The maximum atomic E-state index is 10.3. The Morgan fingerprint density at radius 1 is 1.30 bits per heavy atom. The number of aliphatic hydroxyl groups excluding tert-OH is 1. The Morgan fingerprint density at radius 3 is 2.75 bits per heavy atom. The molecule has 0 aliphatic heterocycles. The van der Waals surface area contributed by atoms with Gasteiger partial charge in [0.15, 0.2) is 0 Å². The molecule has 0 spiro atoms. The predicted molar refractivity (Wildman–Crippen MR) is 85.3 cm³/mol. The lowest BCUT2D eigenvalue weighted by Crippen LogP contribution is -2.26. The molecule has 1 unspecified atom stereocenters. The Labute approximate surface area is 128 Å². The highest BCUT2D eigenvalue weighted by molar-refractivity contribution is 9.10.